The maximum absolute atomic E-state index is 13.4. The van der Waals surface area contributed by atoms with Gasteiger partial charge in [-0.3, -0.25) is 4.79 Å². The number of primary amides is 1. The molecule has 0 bridgehead atoms. The maximum atomic E-state index is 13.4. The topological polar surface area (TPSA) is 91.5 Å². The number of aromatic nitrogens is 1. The Morgan fingerprint density at radius 1 is 1.00 bits per heavy atom. The number of nitrogens with two attached hydrogens (primary N) is 1. The van der Waals surface area contributed by atoms with Crippen molar-refractivity contribution < 1.29 is 23.5 Å². The van der Waals surface area contributed by atoms with Crippen LogP contribution in [0.3, 0.4) is 0 Å². The van der Waals surface area contributed by atoms with E-state index in [1.165, 1.54) is 7.11 Å². The number of nitrogens with zero attached hydrogens (tertiary/aromatic N) is 2. The third-order valence-corrected chi connectivity index (χ3v) is 7.98. The third kappa shape index (κ3) is 7.04. The van der Waals surface area contributed by atoms with Gasteiger partial charge in [0.25, 0.3) is 0 Å². The molecule has 0 aliphatic rings. The number of pyridine rings is 1. The average molecular weight is 610 g/mol. The van der Waals surface area contributed by atoms with Crippen LogP contribution in [0, 0.1) is 0 Å². The number of unbranched alkanes of at least 4 members (excludes halogenated alkanes) is 1. The van der Waals surface area contributed by atoms with Crippen LogP contribution in [0.15, 0.2) is 66.7 Å². The number of aryl methyl sites for hydroxylation is 1. The van der Waals surface area contributed by atoms with Crippen molar-refractivity contribution in [1.82, 2.24) is 4.98 Å². The molecule has 1 atom stereocenters. The summed E-state index contributed by atoms with van der Waals surface area (Å²) in [5.41, 5.74) is 8.72. The molecule has 4 rings (SSSR count). The second kappa shape index (κ2) is 13.6. The number of benzene rings is 3. The number of methoxy groups -OCH3 is 1. The Hall–Kier alpha value is -3.65. The van der Waals surface area contributed by atoms with Crippen LogP contribution >= 0.6 is 23.2 Å². The summed E-state index contributed by atoms with van der Waals surface area (Å²) in [5, 5.41) is 2.86. The number of hydrogen-bond donors (Lipinski definition) is 1. The molecule has 1 heterocycles. The van der Waals surface area contributed by atoms with Gasteiger partial charge in [0.1, 0.15) is 13.2 Å². The SMILES string of the molecule is CCCCc1cc2ccccc2c(OCC[N+](C)(C)[C@@H](C(=O)OC)c2ccc(C(N)=O)cc2-c2ccc(Cl)cc2Cl)n1. The molecule has 1 aromatic heterocycles. The number of amides is 1. The number of ether oxygens (including phenoxy) is 2. The first-order chi connectivity index (χ1) is 20.1. The van der Waals surface area contributed by atoms with Gasteiger partial charge >= 0.3 is 5.97 Å². The number of likely N-dealkylation sites (N-methyl/N-ethyl adjacent to an activating group) is 1. The van der Waals surface area contributed by atoms with Crippen molar-refractivity contribution in [2.75, 3.05) is 34.4 Å². The molecule has 0 fully saturated rings. The molecule has 9 heteroatoms. The molecule has 0 saturated heterocycles. The van der Waals surface area contributed by atoms with Crippen LogP contribution in [0.2, 0.25) is 10.0 Å². The molecule has 3 aromatic carbocycles. The lowest BCUT2D eigenvalue weighted by Crippen LogP contribution is -2.49. The molecule has 0 saturated carbocycles. The van der Waals surface area contributed by atoms with Crippen LogP contribution in [0.5, 0.6) is 5.88 Å². The lowest BCUT2D eigenvalue weighted by molar-refractivity contribution is -0.912. The van der Waals surface area contributed by atoms with Crippen molar-refractivity contribution in [2.45, 2.75) is 32.2 Å². The molecule has 7 nitrogen and oxygen atoms in total. The molecule has 2 N–H and O–H groups in total. The minimum absolute atomic E-state index is 0.189. The fourth-order valence-electron chi connectivity index (χ4n) is 5.11. The number of fused-ring (bicyclic) bond motifs is 1. The van der Waals surface area contributed by atoms with E-state index in [-0.39, 0.29) is 10.0 Å². The monoisotopic (exact) mass is 608 g/mol. The summed E-state index contributed by atoms with van der Waals surface area (Å²) < 4.78 is 11.8. The van der Waals surface area contributed by atoms with E-state index in [0.717, 1.165) is 35.7 Å². The van der Waals surface area contributed by atoms with Crippen molar-refractivity contribution in [3.8, 4) is 17.0 Å². The number of carbonyl (C=O) groups is 2. The summed E-state index contributed by atoms with van der Waals surface area (Å²) in [6.07, 6.45) is 3.00. The van der Waals surface area contributed by atoms with E-state index in [1.807, 2.05) is 32.3 Å². The van der Waals surface area contributed by atoms with E-state index in [0.29, 0.717) is 45.8 Å². The standard InChI is InChI=1S/C33H35Cl2N3O4/c1-5-6-10-24-18-21-9-7-8-11-25(21)32(37-24)42-17-16-38(2,3)30(33(40)41-4)27-14-12-22(31(36)39)19-28(27)26-15-13-23(34)20-29(26)35/h7-9,11-15,18-20,30H,5-6,10,16-17H2,1-4H3,(H-,36,39)/p+1/t30-/m1/s1. The molecular formula is C33H36Cl2N3O4+. The predicted molar refractivity (Wildman–Crippen MR) is 168 cm³/mol. The Balaban J connectivity index is 1.69. The zero-order chi connectivity index (χ0) is 30.4. The largest absolute Gasteiger partial charge is 0.471 e. The van der Waals surface area contributed by atoms with Crippen molar-refractivity contribution >= 4 is 45.9 Å². The fraction of sp³-hybridized carbons (Fsp3) is 0.303. The summed E-state index contributed by atoms with van der Waals surface area (Å²) in [5.74, 6) is -0.456. The van der Waals surface area contributed by atoms with Gasteiger partial charge in [0.2, 0.25) is 17.8 Å². The predicted octanol–water partition coefficient (Wildman–Crippen LogP) is 7.02. The van der Waals surface area contributed by atoms with Crippen LogP contribution < -0.4 is 10.5 Å². The average Bonchev–Trinajstić information content (AvgIpc) is 2.96. The molecule has 42 heavy (non-hydrogen) atoms. The highest BCUT2D eigenvalue weighted by atomic mass is 35.5. The molecule has 0 aliphatic carbocycles. The quantitative estimate of drug-likeness (QED) is 0.138. The van der Waals surface area contributed by atoms with Gasteiger partial charge in [-0.25, -0.2) is 9.78 Å². The summed E-state index contributed by atoms with van der Waals surface area (Å²) in [7, 11) is 5.23. The summed E-state index contributed by atoms with van der Waals surface area (Å²) in [4.78, 5) is 30.3. The van der Waals surface area contributed by atoms with E-state index in [9.17, 15) is 9.59 Å². The van der Waals surface area contributed by atoms with Crippen molar-refractivity contribution in [3.05, 3.63) is 93.6 Å². The fourth-order valence-corrected chi connectivity index (χ4v) is 5.62. The first kappa shape index (κ1) is 31.3. The lowest BCUT2D eigenvalue weighted by atomic mass is 9.91. The van der Waals surface area contributed by atoms with Crippen LogP contribution in [-0.4, -0.2) is 55.7 Å². The summed E-state index contributed by atoms with van der Waals surface area (Å²) in [6.45, 7) is 2.90. The first-order valence-corrected chi connectivity index (χ1v) is 14.6. The van der Waals surface area contributed by atoms with Crippen LogP contribution in [0.4, 0.5) is 0 Å². The number of hydrogen-bond acceptors (Lipinski definition) is 5. The third-order valence-electron chi connectivity index (χ3n) is 7.43. The van der Waals surface area contributed by atoms with Gasteiger partial charge in [-0.05, 0) is 60.2 Å². The van der Waals surface area contributed by atoms with Gasteiger partial charge in [0.05, 0.1) is 21.2 Å². The van der Waals surface area contributed by atoms with E-state index >= 15 is 0 Å². The van der Waals surface area contributed by atoms with E-state index in [4.69, 9.17) is 43.4 Å². The first-order valence-electron chi connectivity index (χ1n) is 13.9. The molecular weight excluding hydrogens is 573 g/mol. The molecule has 0 spiro atoms. The summed E-state index contributed by atoms with van der Waals surface area (Å²) >= 11 is 12.8. The number of quaternary nitrogens is 1. The lowest BCUT2D eigenvalue weighted by Gasteiger charge is -2.37. The van der Waals surface area contributed by atoms with Crippen molar-refractivity contribution in [1.29, 1.82) is 0 Å². The van der Waals surface area contributed by atoms with Gasteiger partial charge in [-0.1, -0.05) is 66.9 Å². The Morgan fingerprint density at radius 2 is 1.76 bits per heavy atom. The smallest absolute Gasteiger partial charge is 0.369 e. The highest BCUT2D eigenvalue weighted by molar-refractivity contribution is 6.36. The highest BCUT2D eigenvalue weighted by Crippen LogP contribution is 2.39. The number of carbonyl (C=O) groups excluding carboxylic acids is 2. The van der Waals surface area contributed by atoms with Crippen LogP contribution in [-0.2, 0) is 16.0 Å². The molecule has 0 radical (unpaired) electrons. The second-order valence-corrected chi connectivity index (χ2v) is 11.7. The van der Waals surface area contributed by atoms with Gasteiger partial charge in [-0.2, -0.15) is 0 Å². The Kier molecular flexibility index (Phi) is 10.1. The van der Waals surface area contributed by atoms with Crippen LogP contribution in [0.25, 0.3) is 21.9 Å². The molecule has 4 aromatic rings. The van der Waals surface area contributed by atoms with Gasteiger partial charge in [0.15, 0.2) is 0 Å². The number of rotatable bonds is 12. The maximum Gasteiger partial charge on any atom is 0.369 e. The van der Waals surface area contributed by atoms with Crippen LogP contribution in [0.1, 0.15) is 47.4 Å². The zero-order valence-corrected chi connectivity index (χ0v) is 25.8. The van der Waals surface area contributed by atoms with Gasteiger partial charge < -0.3 is 19.7 Å². The molecule has 220 valence electrons. The second-order valence-electron chi connectivity index (χ2n) is 10.8. The highest BCUT2D eigenvalue weighted by Gasteiger charge is 2.39. The van der Waals surface area contributed by atoms with Gasteiger partial charge in [0, 0.05) is 37.8 Å². The molecule has 0 aliphatic heterocycles. The Labute approximate surface area is 256 Å². The summed E-state index contributed by atoms with van der Waals surface area (Å²) in [6, 6.07) is 19.4. The van der Waals surface area contributed by atoms with E-state index < -0.39 is 17.9 Å². The zero-order valence-electron chi connectivity index (χ0n) is 24.3. The van der Waals surface area contributed by atoms with Crippen molar-refractivity contribution in [2.24, 2.45) is 5.73 Å². The Bertz CT molecular complexity index is 1610. The normalized spacial score (nSPS) is 12.2. The Morgan fingerprint density at radius 3 is 2.45 bits per heavy atom. The van der Waals surface area contributed by atoms with E-state index in [2.05, 4.69) is 19.1 Å². The van der Waals surface area contributed by atoms with Gasteiger partial charge in [-0.15, -0.1) is 0 Å². The van der Waals surface area contributed by atoms with Crippen molar-refractivity contribution in [3.63, 3.8) is 0 Å². The molecule has 0 unspecified atom stereocenters. The van der Waals surface area contributed by atoms with E-state index in [1.54, 1.807) is 36.4 Å². The molecule has 1 amide bonds. The minimum Gasteiger partial charge on any atom is -0.471 e. The number of halogens is 2. The number of esters is 1. The minimum atomic E-state index is -0.775.